The lowest BCUT2D eigenvalue weighted by Crippen LogP contribution is -2.43. The van der Waals surface area contributed by atoms with Gasteiger partial charge in [0.2, 0.25) is 0 Å². The Labute approximate surface area is 128 Å². The number of fused-ring (bicyclic) bond motifs is 1. The van der Waals surface area contributed by atoms with Crippen molar-refractivity contribution >= 4 is 0 Å². The number of hydrogen-bond acceptors (Lipinski definition) is 3. The molecule has 1 aliphatic heterocycles. The van der Waals surface area contributed by atoms with E-state index in [-0.39, 0.29) is 0 Å². The van der Waals surface area contributed by atoms with Gasteiger partial charge in [-0.25, -0.2) is 0 Å². The number of hydrogen-bond donors (Lipinski definition) is 1. The van der Waals surface area contributed by atoms with Gasteiger partial charge < -0.3 is 14.5 Å². The fourth-order valence-corrected chi connectivity index (χ4v) is 3.93. The second kappa shape index (κ2) is 5.77. The maximum atomic E-state index is 5.94. The van der Waals surface area contributed by atoms with Gasteiger partial charge in [-0.05, 0) is 44.1 Å². The van der Waals surface area contributed by atoms with Crippen LogP contribution in [-0.2, 0) is 11.2 Å². The first-order chi connectivity index (χ1) is 9.97. The van der Waals surface area contributed by atoms with Crippen molar-refractivity contribution in [3.8, 4) is 0 Å². The van der Waals surface area contributed by atoms with E-state index < -0.39 is 0 Å². The summed E-state index contributed by atoms with van der Waals surface area (Å²) in [5.41, 5.74) is 1.70. The Bertz CT molecular complexity index is 491. The monoisotopic (exact) mass is 291 g/mol. The second-order valence-electron chi connectivity index (χ2n) is 7.62. The van der Waals surface area contributed by atoms with Crippen molar-refractivity contribution in [3.05, 3.63) is 23.2 Å². The normalized spacial score (nSPS) is 31.9. The highest BCUT2D eigenvalue weighted by Gasteiger charge is 2.36. The van der Waals surface area contributed by atoms with Crippen molar-refractivity contribution in [1.29, 1.82) is 0 Å². The van der Waals surface area contributed by atoms with Crippen LogP contribution in [0.15, 0.2) is 10.5 Å². The fraction of sp³-hybridized carbons (Fsp3) is 0.778. The van der Waals surface area contributed by atoms with Gasteiger partial charge in [-0.2, -0.15) is 0 Å². The molecule has 0 bridgehead atoms. The number of nitrogens with one attached hydrogen (secondary N) is 1. The molecule has 0 radical (unpaired) electrons. The molecule has 1 N–H and O–H groups in total. The predicted octanol–water partition coefficient (Wildman–Crippen LogP) is 4.15. The zero-order valence-electron chi connectivity index (χ0n) is 13.9. The van der Waals surface area contributed by atoms with E-state index in [2.05, 4.69) is 39.1 Å². The lowest BCUT2D eigenvalue weighted by molar-refractivity contribution is -0.00337. The lowest BCUT2D eigenvalue weighted by atomic mass is 9.74. The summed E-state index contributed by atoms with van der Waals surface area (Å²) < 4.78 is 11.7. The van der Waals surface area contributed by atoms with Gasteiger partial charge in [0.25, 0.3) is 0 Å². The summed E-state index contributed by atoms with van der Waals surface area (Å²) in [5, 5.41) is 3.91. The number of rotatable bonds is 3. The van der Waals surface area contributed by atoms with Crippen molar-refractivity contribution in [1.82, 2.24) is 5.32 Å². The summed E-state index contributed by atoms with van der Waals surface area (Å²) in [6, 6.07) is 3.24. The van der Waals surface area contributed by atoms with E-state index in [1.807, 2.05) is 0 Å². The van der Waals surface area contributed by atoms with Gasteiger partial charge in [-0.3, -0.25) is 0 Å². The molecule has 3 nitrogen and oxygen atoms in total. The van der Waals surface area contributed by atoms with Crippen LogP contribution in [0.3, 0.4) is 0 Å². The topological polar surface area (TPSA) is 34.4 Å². The molecule has 1 fully saturated rings. The molecule has 3 atom stereocenters. The van der Waals surface area contributed by atoms with Crippen LogP contribution in [-0.4, -0.2) is 18.8 Å². The van der Waals surface area contributed by atoms with Crippen molar-refractivity contribution in [2.75, 3.05) is 6.61 Å². The van der Waals surface area contributed by atoms with Crippen LogP contribution < -0.4 is 5.32 Å². The highest BCUT2D eigenvalue weighted by atomic mass is 16.5. The van der Waals surface area contributed by atoms with Gasteiger partial charge in [0.1, 0.15) is 11.5 Å². The Morgan fingerprint density at radius 1 is 1.38 bits per heavy atom. The minimum Gasteiger partial charge on any atom is -0.466 e. The summed E-state index contributed by atoms with van der Waals surface area (Å²) in [6.45, 7) is 9.87. The minimum atomic E-state index is 0.310. The van der Waals surface area contributed by atoms with Crippen molar-refractivity contribution in [2.24, 2.45) is 5.41 Å². The minimum absolute atomic E-state index is 0.310. The second-order valence-corrected chi connectivity index (χ2v) is 7.62. The van der Waals surface area contributed by atoms with Gasteiger partial charge >= 0.3 is 0 Å². The highest BCUT2D eigenvalue weighted by Crippen LogP contribution is 2.42. The maximum Gasteiger partial charge on any atom is 0.109 e. The molecule has 1 aromatic rings. The van der Waals surface area contributed by atoms with Gasteiger partial charge in [-0.1, -0.05) is 20.8 Å². The van der Waals surface area contributed by atoms with E-state index in [1.54, 1.807) is 0 Å². The van der Waals surface area contributed by atoms with E-state index in [9.17, 15) is 0 Å². The van der Waals surface area contributed by atoms with Gasteiger partial charge in [-0.15, -0.1) is 0 Å². The summed E-state index contributed by atoms with van der Waals surface area (Å²) in [7, 11) is 0. The van der Waals surface area contributed by atoms with Crippen molar-refractivity contribution in [2.45, 2.75) is 78.0 Å². The molecular weight excluding hydrogens is 262 g/mol. The van der Waals surface area contributed by atoms with Crippen LogP contribution in [0.5, 0.6) is 0 Å². The van der Waals surface area contributed by atoms with Crippen LogP contribution in [0, 0.1) is 12.3 Å². The molecule has 0 saturated carbocycles. The first kappa shape index (κ1) is 15.1. The molecule has 1 aliphatic carbocycles. The van der Waals surface area contributed by atoms with E-state index in [1.165, 1.54) is 17.7 Å². The maximum absolute atomic E-state index is 5.94. The average Bonchev–Trinajstić information content (AvgIpc) is 2.78. The van der Waals surface area contributed by atoms with E-state index in [4.69, 9.17) is 9.15 Å². The molecule has 3 unspecified atom stereocenters. The van der Waals surface area contributed by atoms with Crippen LogP contribution >= 0.6 is 0 Å². The lowest BCUT2D eigenvalue weighted by Gasteiger charge is -2.38. The first-order valence-corrected chi connectivity index (χ1v) is 8.44. The van der Waals surface area contributed by atoms with Crippen LogP contribution in [0.25, 0.3) is 0 Å². The van der Waals surface area contributed by atoms with Crippen molar-refractivity contribution in [3.63, 3.8) is 0 Å². The Balaban J connectivity index is 1.75. The molecule has 0 spiro atoms. The molecule has 0 aromatic carbocycles. The third-order valence-corrected chi connectivity index (χ3v) is 5.00. The summed E-state index contributed by atoms with van der Waals surface area (Å²) in [6.07, 6.45) is 6.05. The van der Waals surface area contributed by atoms with Crippen LogP contribution in [0.1, 0.15) is 69.6 Å². The molecule has 118 valence electrons. The molecule has 0 amide bonds. The first-order valence-electron chi connectivity index (χ1n) is 8.44. The predicted molar refractivity (Wildman–Crippen MR) is 84.5 cm³/mol. The highest BCUT2D eigenvalue weighted by molar-refractivity contribution is 5.29. The molecule has 3 heteroatoms. The molecule has 3 rings (SSSR count). The molecule has 21 heavy (non-hydrogen) atoms. The molecule has 1 aromatic heterocycles. The summed E-state index contributed by atoms with van der Waals surface area (Å²) in [5.74, 6) is 2.24. The third-order valence-electron chi connectivity index (χ3n) is 5.00. The quantitative estimate of drug-likeness (QED) is 0.908. The Morgan fingerprint density at radius 3 is 2.95 bits per heavy atom. The average molecular weight is 291 g/mol. The van der Waals surface area contributed by atoms with Crippen LogP contribution in [0.4, 0.5) is 0 Å². The number of aryl methyl sites for hydroxylation is 1. The van der Waals surface area contributed by atoms with E-state index in [0.717, 1.165) is 38.1 Å². The van der Waals surface area contributed by atoms with Gasteiger partial charge in [0, 0.05) is 30.7 Å². The molecule has 2 aliphatic rings. The molecule has 1 saturated heterocycles. The van der Waals surface area contributed by atoms with E-state index in [0.29, 0.717) is 23.6 Å². The summed E-state index contributed by atoms with van der Waals surface area (Å²) in [4.78, 5) is 0. The van der Waals surface area contributed by atoms with Gasteiger partial charge in [0.15, 0.2) is 0 Å². The molecule has 2 heterocycles. The SMILES string of the molecule is CCC1CC(NC2CC(C)(C)Cc3oc(C)cc32)CCO1. The standard InChI is InChI=1S/C18H29NO2/c1-5-14-9-13(6-7-20-14)19-16-10-18(3,4)11-17-15(16)8-12(2)21-17/h8,13-14,16,19H,5-7,9-11H2,1-4H3. The Hall–Kier alpha value is -0.800. The fourth-order valence-electron chi connectivity index (χ4n) is 3.93. The third kappa shape index (κ3) is 3.35. The zero-order valence-corrected chi connectivity index (χ0v) is 13.9. The largest absolute Gasteiger partial charge is 0.466 e. The smallest absolute Gasteiger partial charge is 0.109 e. The van der Waals surface area contributed by atoms with Gasteiger partial charge in [0.05, 0.1) is 6.10 Å². The van der Waals surface area contributed by atoms with Crippen LogP contribution in [0.2, 0.25) is 0 Å². The Kier molecular flexibility index (Phi) is 4.15. The Morgan fingerprint density at radius 2 is 2.19 bits per heavy atom. The van der Waals surface area contributed by atoms with Crippen molar-refractivity contribution < 1.29 is 9.15 Å². The number of furan rings is 1. The zero-order chi connectivity index (χ0) is 15.0. The summed E-state index contributed by atoms with van der Waals surface area (Å²) >= 11 is 0. The molecular formula is C18H29NO2. The number of ether oxygens (including phenoxy) is 1. The van der Waals surface area contributed by atoms with E-state index >= 15 is 0 Å².